The van der Waals surface area contributed by atoms with Crippen LogP contribution < -0.4 is 0 Å². The Morgan fingerprint density at radius 2 is 2.06 bits per heavy atom. The highest BCUT2D eigenvalue weighted by Gasteiger charge is 2.12. The standard InChI is InChI=1S/C14H16N2O/c1-3-13(17)11-7-5-6-8-12(11)16-10-9-15-14(16)4-2/h5-10H,3-4H2,1-2H3. The number of nitrogens with zero attached hydrogens (tertiary/aromatic N) is 2. The Kier molecular flexibility index (Phi) is 3.38. The molecular formula is C14H16N2O. The van der Waals surface area contributed by atoms with Crippen molar-refractivity contribution in [3.8, 4) is 5.69 Å². The molecule has 2 rings (SSSR count). The first-order valence-corrected chi connectivity index (χ1v) is 5.92. The minimum absolute atomic E-state index is 0.163. The predicted molar refractivity (Wildman–Crippen MR) is 67.6 cm³/mol. The summed E-state index contributed by atoms with van der Waals surface area (Å²) >= 11 is 0. The molecule has 0 amide bonds. The van der Waals surface area contributed by atoms with Gasteiger partial charge in [-0.15, -0.1) is 0 Å². The first-order valence-electron chi connectivity index (χ1n) is 5.92. The first kappa shape index (κ1) is 11.6. The van der Waals surface area contributed by atoms with Crippen molar-refractivity contribution >= 4 is 5.78 Å². The first-order chi connectivity index (χ1) is 8.27. The molecule has 0 bridgehead atoms. The average molecular weight is 228 g/mol. The van der Waals surface area contributed by atoms with Crippen molar-refractivity contribution in [1.82, 2.24) is 9.55 Å². The number of ketones is 1. The molecule has 0 unspecified atom stereocenters. The normalized spacial score (nSPS) is 10.5. The Bertz CT molecular complexity index is 529. The van der Waals surface area contributed by atoms with Gasteiger partial charge in [0, 0.05) is 30.8 Å². The number of carbonyl (C=O) groups is 1. The number of rotatable bonds is 4. The second-order valence-electron chi connectivity index (χ2n) is 3.86. The lowest BCUT2D eigenvalue weighted by Crippen LogP contribution is -2.07. The Hall–Kier alpha value is -1.90. The lowest BCUT2D eigenvalue weighted by Gasteiger charge is -2.11. The van der Waals surface area contributed by atoms with Crippen molar-refractivity contribution in [2.75, 3.05) is 0 Å². The van der Waals surface area contributed by atoms with E-state index in [-0.39, 0.29) is 5.78 Å². The summed E-state index contributed by atoms with van der Waals surface area (Å²) in [7, 11) is 0. The third-order valence-electron chi connectivity index (χ3n) is 2.82. The Morgan fingerprint density at radius 3 is 2.76 bits per heavy atom. The Labute approximate surface area is 101 Å². The smallest absolute Gasteiger partial charge is 0.164 e. The van der Waals surface area contributed by atoms with Crippen LogP contribution in [-0.2, 0) is 6.42 Å². The summed E-state index contributed by atoms with van der Waals surface area (Å²) in [6.45, 7) is 3.94. The number of hydrogen-bond donors (Lipinski definition) is 0. The molecule has 3 nitrogen and oxygen atoms in total. The van der Waals surface area contributed by atoms with Crippen molar-refractivity contribution in [3.63, 3.8) is 0 Å². The van der Waals surface area contributed by atoms with Crippen molar-refractivity contribution in [1.29, 1.82) is 0 Å². The fraction of sp³-hybridized carbons (Fsp3) is 0.286. The number of hydrogen-bond acceptors (Lipinski definition) is 2. The maximum absolute atomic E-state index is 11.9. The molecule has 0 saturated heterocycles. The van der Waals surface area contributed by atoms with Crippen LogP contribution in [0.3, 0.4) is 0 Å². The van der Waals surface area contributed by atoms with Crippen LogP contribution in [0.1, 0.15) is 36.5 Å². The largest absolute Gasteiger partial charge is 0.303 e. The lowest BCUT2D eigenvalue weighted by molar-refractivity contribution is 0.0988. The van der Waals surface area contributed by atoms with Gasteiger partial charge in [-0.25, -0.2) is 4.98 Å². The molecule has 0 aliphatic carbocycles. The number of imidazole rings is 1. The number of carbonyl (C=O) groups excluding carboxylic acids is 1. The monoisotopic (exact) mass is 228 g/mol. The fourth-order valence-electron chi connectivity index (χ4n) is 1.93. The van der Waals surface area contributed by atoms with Gasteiger partial charge in [-0.1, -0.05) is 26.0 Å². The van der Waals surface area contributed by atoms with Gasteiger partial charge in [0.15, 0.2) is 5.78 Å². The number of benzene rings is 1. The molecule has 2 aromatic rings. The van der Waals surface area contributed by atoms with E-state index in [1.165, 1.54) is 0 Å². The van der Waals surface area contributed by atoms with E-state index in [0.29, 0.717) is 6.42 Å². The Morgan fingerprint density at radius 1 is 1.29 bits per heavy atom. The topological polar surface area (TPSA) is 34.9 Å². The number of Topliss-reactive ketones (excluding diaryl/α,β-unsaturated/α-hetero) is 1. The molecule has 0 saturated carbocycles. The van der Waals surface area contributed by atoms with Crippen LogP contribution in [0.15, 0.2) is 36.7 Å². The van der Waals surface area contributed by atoms with Gasteiger partial charge in [0.1, 0.15) is 5.82 Å². The lowest BCUT2D eigenvalue weighted by atomic mass is 10.1. The quantitative estimate of drug-likeness (QED) is 0.754. The molecule has 1 heterocycles. The summed E-state index contributed by atoms with van der Waals surface area (Å²) < 4.78 is 1.99. The van der Waals surface area contributed by atoms with Gasteiger partial charge in [-0.3, -0.25) is 4.79 Å². The summed E-state index contributed by atoms with van der Waals surface area (Å²) in [4.78, 5) is 16.2. The van der Waals surface area contributed by atoms with E-state index in [1.54, 1.807) is 6.20 Å². The molecule has 1 aromatic carbocycles. The number of para-hydroxylation sites is 1. The van der Waals surface area contributed by atoms with Crippen LogP contribution in [-0.4, -0.2) is 15.3 Å². The predicted octanol–water partition coefficient (Wildman–Crippen LogP) is 3.03. The van der Waals surface area contributed by atoms with E-state index in [2.05, 4.69) is 11.9 Å². The van der Waals surface area contributed by atoms with Crippen molar-refractivity contribution in [3.05, 3.63) is 48.0 Å². The van der Waals surface area contributed by atoms with E-state index in [9.17, 15) is 4.79 Å². The molecule has 0 spiro atoms. The van der Waals surface area contributed by atoms with E-state index in [4.69, 9.17) is 0 Å². The summed E-state index contributed by atoms with van der Waals surface area (Å²) in [5.41, 5.74) is 1.69. The van der Waals surface area contributed by atoms with E-state index >= 15 is 0 Å². The van der Waals surface area contributed by atoms with Crippen LogP contribution in [0.2, 0.25) is 0 Å². The number of aryl methyl sites for hydroxylation is 1. The molecule has 3 heteroatoms. The van der Waals surface area contributed by atoms with Gasteiger partial charge < -0.3 is 4.57 Å². The average Bonchev–Trinajstić information content (AvgIpc) is 2.86. The van der Waals surface area contributed by atoms with Gasteiger partial charge in [-0.2, -0.15) is 0 Å². The third kappa shape index (κ3) is 2.13. The van der Waals surface area contributed by atoms with E-state index < -0.39 is 0 Å². The molecule has 0 N–H and O–H groups in total. The van der Waals surface area contributed by atoms with Gasteiger partial charge in [0.05, 0.1) is 5.69 Å². The second-order valence-corrected chi connectivity index (χ2v) is 3.86. The van der Waals surface area contributed by atoms with E-state index in [1.807, 2.05) is 42.0 Å². The zero-order valence-corrected chi connectivity index (χ0v) is 10.2. The zero-order valence-electron chi connectivity index (χ0n) is 10.2. The maximum atomic E-state index is 11.9. The molecular weight excluding hydrogens is 212 g/mol. The van der Waals surface area contributed by atoms with Gasteiger partial charge in [0.25, 0.3) is 0 Å². The molecule has 0 atom stereocenters. The molecule has 17 heavy (non-hydrogen) atoms. The minimum Gasteiger partial charge on any atom is -0.303 e. The summed E-state index contributed by atoms with van der Waals surface area (Å²) in [6.07, 6.45) is 5.04. The highest BCUT2D eigenvalue weighted by molar-refractivity contribution is 5.99. The molecule has 0 radical (unpaired) electrons. The minimum atomic E-state index is 0.163. The number of aromatic nitrogens is 2. The van der Waals surface area contributed by atoms with Crippen LogP contribution in [0.5, 0.6) is 0 Å². The van der Waals surface area contributed by atoms with Crippen molar-refractivity contribution in [2.24, 2.45) is 0 Å². The van der Waals surface area contributed by atoms with Gasteiger partial charge in [0.2, 0.25) is 0 Å². The molecule has 0 fully saturated rings. The van der Waals surface area contributed by atoms with Gasteiger partial charge in [-0.05, 0) is 12.1 Å². The van der Waals surface area contributed by atoms with E-state index in [0.717, 1.165) is 23.5 Å². The summed E-state index contributed by atoms with van der Waals surface area (Å²) in [5.74, 6) is 1.14. The third-order valence-corrected chi connectivity index (χ3v) is 2.82. The van der Waals surface area contributed by atoms with Crippen molar-refractivity contribution in [2.45, 2.75) is 26.7 Å². The summed E-state index contributed by atoms with van der Waals surface area (Å²) in [6, 6.07) is 7.68. The van der Waals surface area contributed by atoms with Crippen LogP contribution in [0.25, 0.3) is 5.69 Å². The molecule has 0 aliphatic rings. The molecule has 88 valence electrons. The van der Waals surface area contributed by atoms with Gasteiger partial charge >= 0.3 is 0 Å². The van der Waals surface area contributed by atoms with Crippen LogP contribution >= 0.6 is 0 Å². The van der Waals surface area contributed by atoms with Crippen LogP contribution in [0, 0.1) is 0 Å². The SMILES string of the molecule is CCC(=O)c1ccccc1-n1ccnc1CC. The fourth-order valence-corrected chi connectivity index (χ4v) is 1.93. The van der Waals surface area contributed by atoms with Crippen molar-refractivity contribution < 1.29 is 4.79 Å². The zero-order chi connectivity index (χ0) is 12.3. The Balaban J connectivity index is 2.56. The summed E-state index contributed by atoms with van der Waals surface area (Å²) in [5, 5.41) is 0. The second kappa shape index (κ2) is 4.95. The highest BCUT2D eigenvalue weighted by Crippen LogP contribution is 2.18. The van der Waals surface area contributed by atoms with Crippen LogP contribution in [0.4, 0.5) is 0 Å². The highest BCUT2D eigenvalue weighted by atomic mass is 16.1. The molecule has 1 aromatic heterocycles. The maximum Gasteiger partial charge on any atom is 0.164 e. The molecule has 0 aliphatic heterocycles.